The third-order valence-corrected chi connectivity index (χ3v) is 4.05. The molecular weight excluding hydrogens is 328 g/mol. The lowest BCUT2D eigenvalue weighted by Gasteiger charge is -2.08. The van der Waals surface area contributed by atoms with Crippen LogP contribution in [0.3, 0.4) is 0 Å². The smallest absolute Gasteiger partial charge is 0.408 e. The largest absolute Gasteiger partial charge is 0.420 e. The van der Waals surface area contributed by atoms with Crippen molar-refractivity contribution in [1.82, 2.24) is 20.0 Å². The Morgan fingerprint density at radius 3 is 3.08 bits per heavy atom. The van der Waals surface area contributed by atoms with Crippen LogP contribution in [0.4, 0.5) is 0 Å². The number of nitrogens with zero attached hydrogens (tertiary/aromatic N) is 3. The van der Waals surface area contributed by atoms with Gasteiger partial charge in [0.25, 0.3) is 0 Å². The number of carbonyl (C=O) groups is 1. The molecular formula is C16H16N4O5. The van der Waals surface area contributed by atoms with Gasteiger partial charge in [0.2, 0.25) is 0 Å². The van der Waals surface area contributed by atoms with Gasteiger partial charge in [0.05, 0.1) is 18.2 Å². The highest BCUT2D eigenvalue weighted by molar-refractivity contribution is 5.89. The molecule has 3 aromatic rings. The Bertz CT molecular complexity index is 951. The van der Waals surface area contributed by atoms with Gasteiger partial charge in [-0.2, -0.15) is 4.98 Å². The number of benzene rings is 1. The fourth-order valence-corrected chi connectivity index (χ4v) is 2.80. The predicted octanol–water partition coefficient (Wildman–Crippen LogP) is 0.935. The van der Waals surface area contributed by atoms with Gasteiger partial charge in [-0.1, -0.05) is 17.3 Å². The summed E-state index contributed by atoms with van der Waals surface area (Å²) in [5, 5.41) is 6.47. The molecule has 0 spiro atoms. The maximum atomic E-state index is 12.0. The first-order valence-electron chi connectivity index (χ1n) is 8.01. The van der Waals surface area contributed by atoms with Crippen LogP contribution in [-0.4, -0.2) is 39.9 Å². The van der Waals surface area contributed by atoms with Crippen LogP contribution in [0.15, 0.2) is 38.0 Å². The van der Waals surface area contributed by atoms with Gasteiger partial charge in [-0.15, -0.1) is 0 Å². The minimum Gasteiger partial charge on any atom is -0.408 e. The SMILES string of the molecule is O=C(NC[C@H]1CCCO1)c1nc(Cn2c(=O)oc3ccccc32)no1. The molecule has 0 aliphatic carbocycles. The lowest BCUT2D eigenvalue weighted by molar-refractivity contribution is 0.0822. The Kier molecular flexibility index (Phi) is 4.06. The zero-order valence-corrected chi connectivity index (χ0v) is 13.3. The number of oxazole rings is 1. The van der Waals surface area contributed by atoms with E-state index in [1.54, 1.807) is 24.3 Å². The number of hydrogen-bond acceptors (Lipinski definition) is 7. The number of rotatable bonds is 5. The van der Waals surface area contributed by atoms with Gasteiger partial charge < -0.3 is 19.0 Å². The normalized spacial score (nSPS) is 17.2. The van der Waals surface area contributed by atoms with Crippen LogP contribution in [-0.2, 0) is 11.3 Å². The summed E-state index contributed by atoms with van der Waals surface area (Å²) in [6, 6.07) is 7.04. The molecule has 1 fully saturated rings. The van der Waals surface area contributed by atoms with Gasteiger partial charge in [0.1, 0.15) is 0 Å². The van der Waals surface area contributed by atoms with Gasteiger partial charge in [-0.3, -0.25) is 9.36 Å². The maximum absolute atomic E-state index is 12.0. The van der Waals surface area contributed by atoms with E-state index in [0.29, 0.717) is 17.6 Å². The molecule has 1 N–H and O–H groups in total. The molecule has 1 aliphatic rings. The molecule has 9 nitrogen and oxygen atoms in total. The van der Waals surface area contributed by atoms with Crippen molar-refractivity contribution in [2.45, 2.75) is 25.5 Å². The molecule has 1 atom stereocenters. The summed E-state index contributed by atoms with van der Waals surface area (Å²) in [7, 11) is 0. The van der Waals surface area contributed by atoms with E-state index in [4.69, 9.17) is 13.7 Å². The number of hydrogen-bond donors (Lipinski definition) is 1. The Morgan fingerprint density at radius 1 is 1.36 bits per heavy atom. The van der Waals surface area contributed by atoms with Crippen LogP contribution in [0.25, 0.3) is 11.1 Å². The van der Waals surface area contributed by atoms with Crippen LogP contribution in [0.1, 0.15) is 29.4 Å². The summed E-state index contributed by atoms with van der Waals surface area (Å²) in [4.78, 5) is 28.0. The van der Waals surface area contributed by atoms with Crippen LogP contribution >= 0.6 is 0 Å². The van der Waals surface area contributed by atoms with Crippen LogP contribution in [0.5, 0.6) is 0 Å². The zero-order chi connectivity index (χ0) is 17.2. The summed E-state index contributed by atoms with van der Waals surface area (Å²) in [5.41, 5.74) is 1.10. The summed E-state index contributed by atoms with van der Waals surface area (Å²) >= 11 is 0. The van der Waals surface area contributed by atoms with Crippen molar-refractivity contribution in [2.24, 2.45) is 0 Å². The molecule has 130 valence electrons. The lowest BCUT2D eigenvalue weighted by Crippen LogP contribution is -2.32. The van der Waals surface area contributed by atoms with Crippen LogP contribution < -0.4 is 11.1 Å². The molecule has 1 amide bonds. The van der Waals surface area contributed by atoms with Gasteiger partial charge in [0, 0.05) is 13.2 Å². The Labute approximate surface area is 141 Å². The monoisotopic (exact) mass is 344 g/mol. The minimum atomic E-state index is -0.518. The topological polar surface area (TPSA) is 112 Å². The highest BCUT2D eigenvalue weighted by Crippen LogP contribution is 2.13. The molecule has 0 radical (unpaired) electrons. The molecule has 3 heterocycles. The molecule has 2 aromatic heterocycles. The van der Waals surface area contributed by atoms with E-state index in [0.717, 1.165) is 19.4 Å². The van der Waals surface area contributed by atoms with Crippen molar-refractivity contribution in [1.29, 1.82) is 0 Å². The number of ether oxygens (including phenoxy) is 1. The first kappa shape index (κ1) is 15.6. The molecule has 25 heavy (non-hydrogen) atoms. The average molecular weight is 344 g/mol. The summed E-state index contributed by atoms with van der Waals surface area (Å²) in [5.74, 6) is -0.904. The Hall–Kier alpha value is -2.94. The van der Waals surface area contributed by atoms with Crippen molar-refractivity contribution in [2.75, 3.05) is 13.2 Å². The third-order valence-electron chi connectivity index (χ3n) is 4.05. The molecule has 0 unspecified atom stereocenters. The molecule has 0 bridgehead atoms. The van der Waals surface area contributed by atoms with Gasteiger partial charge >= 0.3 is 17.6 Å². The minimum absolute atomic E-state index is 0.0298. The van der Waals surface area contributed by atoms with Gasteiger partial charge in [0.15, 0.2) is 11.4 Å². The lowest BCUT2D eigenvalue weighted by atomic mass is 10.2. The molecule has 4 rings (SSSR count). The van der Waals surface area contributed by atoms with Crippen LogP contribution in [0.2, 0.25) is 0 Å². The second-order valence-corrected chi connectivity index (χ2v) is 5.78. The highest BCUT2D eigenvalue weighted by atomic mass is 16.5. The summed E-state index contributed by atoms with van der Waals surface area (Å²) < 4.78 is 17.0. The standard InChI is InChI=1S/C16H16N4O5/c21-14(17-8-10-4-3-7-23-10)15-18-13(19-25-15)9-20-11-5-1-2-6-12(11)24-16(20)22/h1-2,5-6,10H,3-4,7-9H2,(H,17,21)/t10-/m1/s1. The third kappa shape index (κ3) is 3.18. The van der Waals surface area contributed by atoms with E-state index in [2.05, 4.69) is 15.5 Å². The number of para-hydroxylation sites is 2. The van der Waals surface area contributed by atoms with Gasteiger partial charge in [-0.25, -0.2) is 4.79 Å². The van der Waals surface area contributed by atoms with Crippen molar-refractivity contribution >= 4 is 17.0 Å². The first-order valence-corrected chi connectivity index (χ1v) is 8.01. The van der Waals surface area contributed by atoms with Crippen molar-refractivity contribution in [3.8, 4) is 0 Å². The summed E-state index contributed by atoms with van der Waals surface area (Å²) in [6.07, 6.45) is 1.95. The fraction of sp³-hybridized carbons (Fsp3) is 0.375. The molecule has 9 heteroatoms. The van der Waals surface area contributed by atoms with E-state index in [1.165, 1.54) is 4.57 Å². The van der Waals surface area contributed by atoms with Crippen molar-refractivity contribution in [3.05, 3.63) is 46.5 Å². The molecule has 1 aromatic carbocycles. The van der Waals surface area contributed by atoms with Crippen LogP contribution in [0, 0.1) is 0 Å². The highest BCUT2D eigenvalue weighted by Gasteiger charge is 2.20. The number of carbonyl (C=O) groups excluding carboxylic acids is 1. The van der Waals surface area contributed by atoms with Crippen molar-refractivity contribution < 1.29 is 18.5 Å². The molecule has 1 saturated heterocycles. The second-order valence-electron chi connectivity index (χ2n) is 5.78. The second kappa shape index (κ2) is 6.52. The van der Waals surface area contributed by atoms with E-state index in [-0.39, 0.29) is 24.4 Å². The van der Waals surface area contributed by atoms with E-state index < -0.39 is 11.7 Å². The number of amides is 1. The Balaban J connectivity index is 1.46. The Morgan fingerprint density at radius 2 is 2.24 bits per heavy atom. The zero-order valence-electron chi connectivity index (χ0n) is 13.3. The van der Waals surface area contributed by atoms with Crippen molar-refractivity contribution in [3.63, 3.8) is 0 Å². The summed E-state index contributed by atoms with van der Waals surface area (Å²) in [6.45, 7) is 1.18. The van der Waals surface area contributed by atoms with E-state index in [1.807, 2.05) is 0 Å². The number of nitrogens with one attached hydrogen (secondary N) is 1. The number of aromatic nitrogens is 3. The quantitative estimate of drug-likeness (QED) is 0.733. The van der Waals surface area contributed by atoms with Gasteiger partial charge in [-0.05, 0) is 25.0 Å². The maximum Gasteiger partial charge on any atom is 0.420 e. The molecule has 1 aliphatic heterocycles. The predicted molar refractivity (Wildman–Crippen MR) is 85.2 cm³/mol. The average Bonchev–Trinajstić information content (AvgIpc) is 3.35. The number of fused-ring (bicyclic) bond motifs is 1. The fourth-order valence-electron chi connectivity index (χ4n) is 2.80. The van der Waals surface area contributed by atoms with E-state index >= 15 is 0 Å². The first-order chi connectivity index (χ1) is 12.2. The van der Waals surface area contributed by atoms with E-state index in [9.17, 15) is 9.59 Å². The molecule has 0 saturated carbocycles.